The second-order valence-corrected chi connectivity index (χ2v) is 6.94. The van der Waals surface area contributed by atoms with Crippen molar-refractivity contribution in [2.24, 2.45) is 11.3 Å². The molecule has 0 radical (unpaired) electrons. The first-order valence-corrected chi connectivity index (χ1v) is 6.74. The second kappa shape index (κ2) is 3.77. The molecule has 0 bridgehead atoms. The van der Waals surface area contributed by atoms with Gasteiger partial charge in [0.2, 0.25) is 11.9 Å². The van der Waals surface area contributed by atoms with E-state index >= 15 is 0 Å². The Morgan fingerprint density at radius 1 is 1.45 bits per heavy atom. The summed E-state index contributed by atoms with van der Waals surface area (Å²) in [5, 5.41) is 6.77. The Hall–Kier alpha value is -1.53. The summed E-state index contributed by atoms with van der Waals surface area (Å²) in [6, 6.07) is 0. The molecule has 1 aromatic rings. The van der Waals surface area contributed by atoms with Gasteiger partial charge >= 0.3 is 0 Å². The van der Waals surface area contributed by atoms with Crippen LogP contribution in [-0.4, -0.2) is 26.6 Å². The molecule has 1 amide bonds. The maximum atomic E-state index is 13.1. The van der Waals surface area contributed by atoms with Crippen molar-refractivity contribution in [3.63, 3.8) is 0 Å². The molecule has 0 saturated heterocycles. The number of nitrogens with one attached hydrogen (secondary N) is 1. The van der Waals surface area contributed by atoms with Gasteiger partial charge < -0.3 is 0 Å². The van der Waals surface area contributed by atoms with E-state index in [4.69, 9.17) is 0 Å². The molecular weight excluding hydrogens is 266 g/mol. The van der Waals surface area contributed by atoms with Crippen molar-refractivity contribution in [3.8, 4) is 0 Å². The molecule has 20 heavy (non-hydrogen) atoms. The monoisotopic (exact) mass is 284 g/mol. The highest BCUT2D eigenvalue weighted by Gasteiger charge is 2.76. The Balaban J connectivity index is 1.57. The average molecular weight is 284 g/mol. The molecule has 0 atom stereocenters. The summed E-state index contributed by atoms with van der Waals surface area (Å²) in [5.41, 5.74) is -1.10. The number of carbonyl (C=O) groups is 1. The fourth-order valence-corrected chi connectivity index (χ4v) is 2.75. The number of alkyl halides is 2. The van der Waals surface area contributed by atoms with Crippen molar-refractivity contribution in [1.82, 2.24) is 14.8 Å². The first-order chi connectivity index (χ1) is 9.13. The third-order valence-electron chi connectivity index (χ3n) is 4.27. The quantitative estimate of drug-likeness (QED) is 0.907. The van der Waals surface area contributed by atoms with Crippen molar-refractivity contribution in [3.05, 3.63) is 6.33 Å². The van der Waals surface area contributed by atoms with Crippen LogP contribution in [0.2, 0.25) is 0 Å². The zero-order chi connectivity index (χ0) is 14.8. The number of amides is 1. The molecule has 1 N–H and O–H groups in total. The van der Waals surface area contributed by atoms with E-state index < -0.39 is 11.3 Å². The second-order valence-electron chi connectivity index (χ2n) is 6.94. The van der Waals surface area contributed by atoms with Gasteiger partial charge in [0.15, 0.2) is 0 Å². The molecule has 1 heterocycles. The van der Waals surface area contributed by atoms with Crippen LogP contribution in [-0.2, 0) is 10.3 Å². The van der Waals surface area contributed by atoms with Crippen LogP contribution >= 0.6 is 0 Å². The molecule has 1 spiro atoms. The summed E-state index contributed by atoms with van der Waals surface area (Å²) >= 11 is 0. The highest BCUT2D eigenvalue weighted by molar-refractivity contribution is 5.91. The Morgan fingerprint density at radius 3 is 2.50 bits per heavy atom. The Morgan fingerprint density at radius 2 is 2.05 bits per heavy atom. The van der Waals surface area contributed by atoms with Crippen LogP contribution in [0.5, 0.6) is 0 Å². The number of nitrogens with zero attached hydrogens (tertiary/aromatic N) is 3. The number of aromatic nitrogens is 3. The molecule has 1 aromatic heterocycles. The number of rotatable bonds is 2. The summed E-state index contributed by atoms with van der Waals surface area (Å²) in [4.78, 5) is 16.0. The summed E-state index contributed by atoms with van der Waals surface area (Å²) < 4.78 is 27.8. The number of hydrogen-bond donors (Lipinski definition) is 1. The van der Waals surface area contributed by atoms with Gasteiger partial charge in [0, 0.05) is 17.8 Å². The zero-order valence-electron chi connectivity index (χ0n) is 11.8. The summed E-state index contributed by atoms with van der Waals surface area (Å²) in [6.07, 6.45) is 2.02. The predicted octanol–water partition coefficient (Wildman–Crippen LogP) is 2.41. The molecule has 2 saturated carbocycles. The van der Waals surface area contributed by atoms with Crippen molar-refractivity contribution in [2.75, 3.05) is 5.32 Å². The van der Waals surface area contributed by atoms with Gasteiger partial charge in [-0.3, -0.25) is 10.1 Å². The van der Waals surface area contributed by atoms with Crippen LogP contribution < -0.4 is 5.32 Å². The van der Waals surface area contributed by atoms with E-state index in [0.717, 1.165) is 0 Å². The van der Waals surface area contributed by atoms with E-state index in [1.165, 1.54) is 0 Å². The normalized spacial score (nSPS) is 30.9. The van der Waals surface area contributed by atoms with Crippen molar-refractivity contribution >= 4 is 11.9 Å². The maximum Gasteiger partial charge on any atom is 0.254 e. The Labute approximate surface area is 115 Å². The van der Waals surface area contributed by atoms with Crippen molar-refractivity contribution < 1.29 is 13.6 Å². The van der Waals surface area contributed by atoms with Gasteiger partial charge in [0.25, 0.3) is 5.92 Å². The standard InChI is InChI=1S/C13H18F2N4O/c1-11(2,3)19-7-16-10(18-19)17-9(20)8-4-12(5-8)6-13(12,14)15/h7-8H,4-6H2,1-3H3,(H,17,18,20). The maximum absolute atomic E-state index is 13.1. The van der Waals surface area contributed by atoms with Crippen LogP contribution in [0.4, 0.5) is 14.7 Å². The third kappa shape index (κ3) is 1.99. The topological polar surface area (TPSA) is 59.8 Å². The van der Waals surface area contributed by atoms with E-state index in [-0.39, 0.29) is 42.6 Å². The third-order valence-corrected chi connectivity index (χ3v) is 4.27. The first kappa shape index (κ1) is 13.5. The molecule has 2 fully saturated rings. The van der Waals surface area contributed by atoms with E-state index in [1.54, 1.807) is 11.0 Å². The summed E-state index contributed by atoms with van der Waals surface area (Å²) in [6.45, 7) is 5.91. The number of anilines is 1. The van der Waals surface area contributed by atoms with Crippen molar-refractivity contribution in [1.29, 1.82) is 0 Å². The fraction of sp³-hybridized carbons (Fsp3) is 0.769. The van der Waals surface area contributed by atoms with Gasteiger partial charge in [0.05, 0.1) is 5.54 Å². The lowest BCUT2D eigenvalue weighted by atomic mass is 9.71. The number of hydrogen-bond acceptors (Lipinski definition) is 3. The molecule has 2 aliphatic rings. The number of carbonyl (C=O) groups excluding carboxylic acids is 1. The number of halogens is 2. The zero-order valence-corrected chi connectivity index (χ0v) is 11.8. The van der Waals surface area contributed by atoms with E-state index in [0.29, 0.717) is 0 Å². The van der Waals surface area contributed by atoms with E-state index in [1.807, 2.05) is 20.8 Å². The van der Waals surface area contributed by atoms with Gasteiger partial charge in [-0.1, -0.05) is 0 Å². The fourth-order valence-electron chi connectivity index (χ4n) is 2.75. The van der Waals surface area contributed by atoms with Crippen LogP contribution in [0.15, 0.2) is 6.33 Å². The minimum Gasteiger partial charge on any atom is -0.293 e. The molecule has 0 aromatic carbocycles. The van der Waals surface area contributed by atoms with Gasteiger partial charge in [-0.25, -0.2) is 18.4 Å². The average Bonchev–Trinajstić information content (AvgIpc) is 2.65. The molecule has 3 rings (SSSR count). The molecule has 7 heteroatoms. The SMILES string of the molecule is CC(C)(C)n1cnc(NC(=O)C2CC3(C2)CC3(F)F)n1. The minimum absolute atomic E-state index is 0.0688. The van der Waals surface area contributed by atoms with Gasteiger partial charge in [-0.15, -0.1) is 5.10 Å². The van der Waals surface area contributed by atoms with Crippen LogP contribution in [0.1, 0.15) is 40.0 Å². The largest absolute Gasteiger partial charge is 0.293 e. The van der Waals surface area contributed by atoms with Gasteiger partial charge in [0.1, 0.15) is 6.33 Å². The minimum atomic E-state index is -2.56. The lowest BCUT2D eigenvalue weighted by Gasteiger charge is -2.34. The predicted molar refractivity (Wildman–Crippen MR) is 68.4 cm³/mol. The highest BCUT2D eigenvalue weighted by atomic mass is 19.3. The molecule has 5 nitrogen and oxygen atoms in total. The molecule has 110 valence electrons. The first-order valence-electron chi connectivity index (χ1n) is 6.74. The molecular formula is C13H18F2N4O. The van der Waals surface area contributed by atoms with Crippen LogP contribution in [0, 0.1) is 11.3 Å². The molecule has 0 unspecified atom stereocenters. The van der Waals surface area contributed by atoms with Gasteiger partial charge in [-0.05, 0) is 33.6 Å². The lowest BCUT2D eigenvalue weighted by molar-refractivity contribution is -0.126. The smallest absolute Gasteiger partial charge is 0.254 e. The highest BCUT2D eigenvalue weighted by Crippen LogP contribution is 2.72. The van der Waals surface area contributed by atoms with Crippen molar-refractivity contribution in [2.45, 2.75) is 51.5 Å². The van der Waals surface area contributed by atoms with E-state index in [9.17, 15) is 13.6 Å². The molecule has 0 aliphatic heterocycles. The van der Waals surface area contributed by atoms with Crippen LogP contribution in [0.25, 0.3) is 0 Å². The summed E-state index contributed by atoms with van der Waals surface area (Å²) in [5.74, 6) is -2.93. The Bertz CT molecular complexity index is 555. The Kier molecular flexibility index (Phi) is 2.53. The van der Waals surface area contributed by atoms with Gasteiger partial charge in [-0.2, -0.15) is 0 Å². The summed E-state index contributed by atoms with van der Waals surface area (Å²) in [7, 11) is 0. The van der Waals surface area contributed by atoms with Crippen LogP contribution in [0.3, 0.4) is 0 Å². The lowest BCUT2D eigenvalue weighted by Crippen LogP contribution is -2.38. The van der Waals surface area contributed by atoms with E-state index in [2.05, 4.69) is 15.4 Å². The molecule has 2 aliphatic carbocycles.